The first-order valence-corrected chi connectivity index (χ1v) is 10.9. The minimum Gasteiger partial charge on any atom is -0.353 e. The summed E-state index contributed by atoms with van der Waals surface area (Å²) >= 11 is 8.63. The van der Waals surface area contributed by atoms with Crippen LogP contribution in [0, 0.1) is 0 Å². The molecule has 0 heterocycles. The van der Waals surface area contributed by atoms with E-state index in [4.69, 9.17) is 0 Å². The van der Waals surface area contributed by atoms with E-state index < -0.39 is 14.7 Å². The monoisotopic (exact) mass is 300 g/mol. The van der Waals surface area contributed by atoms with Crippen LogP contribution < -0.4 is 0 Å². The van der Waals surface area contributed by atoms with Gasteiger partial charge in [0, 0.05) is 9.79 Å². The molecule has 2 rings (SSSR count). The first-order chi connectivity index (χ1) is 8.09. The molecule has 2 aromatic carbocycles. The van der Waals surface area contributed by atoms with Crippen molar-refractivity contribution >= 4 is 39.2 Å². The molecular weight excluding hydrogens is 287 g/mol. The predicted molar refractivity (Wildman–Crippen MR) is 83.9 cm³/mol. The normalized spacial score (nSPS) is 11.8. The SMILES string of the molecule is OP(S)(S)=S(c1ccccc1)c1ccccc1. The summed E-state index contributed by atoms with van der Waals surface area (Å²) in [7, 11) is -0.473. The topological polar surface area (TPSA) is 20.2 Å². The van der Waals surface area contributed by atoms with Crippen molar-refractivity contribution in [1.29, 1.82) is 0 Å². The Bertz CT molecular complexity index is 499. The van der Waals surface area contributed by atoms with Crippen molar-refractivity contribution in [3.05, 3.63) is 60.7 Å². The maximum absolute atomic E-state index is 10.2. The van der Waals surface area contributed by atoms with E-state index in [2.05, 4.69) is 24.5 Å². The van der Waals surface area contributed by atoms with Crippen molar-refractivity contribution in [1.82, 2.24) is 0 Å². The van der Waals surface area contributed by atoms with Crippen LogP contribution in [0.5, 0.6) is 0 Å². The molecule has 0 unspecified atom stereocenters. The van der Waals surface area contributed by atoms with Crippen molar-refractivity contribution in [3.63, 3.8) is 0 Å². The van der Waals surface area contributed by atoms with Crippen LogP contribution in [0.25, 0.3) is 0 Å². The highest BCUT2D eigenvalue weighted by Gasteiger charge is 2.13. The van der Waals surface area contributed by atoms with E-state index in [0.29, 0.717) is 0 Å². The van der Waals surface area contributed by atoms with Crippen molar-refractivity contribution < 1.29 is 4.89 Å². The second-order valence-electron chi connectivity index (χ2n) is 3.42. The highest BCUT2D eigenvalue weighted by Crippen LogP contribution is 2.59. The molecule has 0 aliphatic rings. The molecule has 0 spiro atoms. The fourth-order valence-electron chi connectivity index (χ4n) is 1.52. The Kier molecular flexibility index (Phi) is 4.45. The third-order valence-electron chi connectivity index (χ3n) is 2.18. The largest absolute Gasteiger partial charge is 0.353 e. The van der Waals surface area contributed by atoms with Crippen molar-refractivity contribution in [3.8, 4) is 0 Å². The lowest BCUT2D eigenvalue weighted by atomic mass is 10.4. The predicted octanol–water partition coefficient (Wildman–Crippen LogP) is 4.25. The van der Waals surface area contributed by atoms with Gasteiger partial charge in [-0.05, 0) is 24.3 Å². The van der Waals surface area contributed by atoms with Gasteiger partial charge in [0.2, 0.25) is 0 Å². The zero-order valence-corrected chi connectivity index (χ0v) is 12.5. The summed E-state index contributed by atoms with van der Waals surface area (Å²) in [6, 6.07) is 19.8. The fraction of sp³-hybridized carbons (Fsp3) is 0. The molecule has 17 heavy (non-hydrogen) atoms. The zero-order valence-electron chi connectivity index (χ0n) is 8.97. The van der Waals surface area contributed by atoms with E-state index in [1.165, 1.54) is 0 Å². The van der Waals surface area contributed by atoms with Crippen LogP contribution in [-0.2, 0) is 10.1 Å². The first-order valence-electron chi connectivity index (χ1n) is 5.01. The number of rotatable bonds is 2. The molecule has 1 nitrogen and oxygen atoms in total. The number of hydrogen-bond acceptors (Lipinski definition) is 0. The molecule has 0 atom stereocenters. The molecule has 90 valence electrons. The molecule has 0 aliphatic heterocycles. The van der Waals surface area contributed by atoms with Crippen LogP contribution in [0.1, 0.15) is 0 Å². The maximum atomic E-state index is 10.2. The van der Waals surface area contributed by atoms with Crippen LogP contribution in [0.4, 0.5) is 0 Å². The quantitative estimate of drug-likeness (QED) is 0.559. The molecule has 0 saturated heterocycles. The Balaban J connectivity index is 2.66. The zero-order chi connectivity index (χ0) is 12.3. The number of benzene rings is 2. The van der Waals surface area contributed by atoms with E-state index in [0.717, 1.165) is 9.79 Å². The lowest BCUT2D eigenvalue weighted by molar-refractivity contribution is 0.654. The number of hydrogen-bond donors (Lipinski definition) is 3. The van der Waals surface area contributed by atoms with Crippen molar-refractivity contribution in [2.45, 2.75) is 9.79 Å². The molecule has 0 bridgehead atoms. The van der Waals surface area contributed by atoms with E-state index in [-0.39, 0.29) is 0 Å². The highest BCUT2D eigenvalue weighted by atomic mass is 33.2. The lowest BCUT2D eigenvalue weighted by Crippen LogP contribution is -1.92. The van der Waals surface area contributed by atoms with Gasteiger partial charge in [0.05, 0.1) is 0 Å². The first kappa shape index (κ1) is 13.3. The molecule has 0 saturated carbocycles. The Morgan fingerprint density at radius 2 is 1.12 bits per heavy atom. The Morgan fingerprint density at radius 3 is 1.41 bits per heavy atom. The van der Waals surface area contributed by atoms with Gasteiger partial charge in [-0.2, -0.15) is 0 Å². The van der Waals surface area contributed by atoms with Gasteiger partial charge in [0.1, 0.15) is 4.67 Å². The molecule has 0 radical (unpaired) electrons. The minimum absolute atomic E-state index is 0.473. The summed E-state index contributed by atoms with van der Waals surface area (Å²) in [5, 5.41) is 0. The average molecular weight is 300 g/mol. The average Bonchev–Trinajstić information content (AvgIpc) is 2.30. The Morgan fingerprint density at radius 1 is 0.765 bits per heavy atom. The van der Waals surface area contributed by atoms with Crippen LogP contribution in [0.15, 0.2) is 70.5 Å². The Labute approximate surface area is 114 Å². The second kappa shape index (κ2) is 5.68. The fourth-order valence-corrected chi connectivity index (χ4v) is 9.01. The van der Waals surface area contributed by atoms with Crippen LogP contribution >= 0.6 is 29.2 Å². The summed E-state index contributed by atoms with van der Waals surface area (Å²) in [5.41, 5.74) is 0. The van der Waals surface area contributed by atoms with Gasteiger partial charge < -0.3 is 4.89 Å². The summed E-state index contributed by atoms with van der Waals surface area (Å²) in [6.45, 7) is 0. The van der Waals surface area contributed by atoms with Gasteiger partial charge in [0.15, 0.2) is 0 Å². The van der Waals surface area contributed by atoms with Crippen LogP contribution in [-0.4, -0.2) is 4.89 Å². The summed E-state index contributed by atoms with van der Waals surface area (Å²) in [5.74, 6) is 0. The molecule has 0 aliphatic carbocycles. The summed E-state index contributed by atoms with van der Waals surface area (Å²) in [6.07, 6.45) is 0. The van der Waals surface area contributed by atoms with E-state index in [1.807, 2.05) is 60.7 Å². The second-order valence-corrected chi connectivity index (χ2v) is 14.7. The van der Waals surface area contributed by atoms with Crippen molar-refractivity contribution in [2.75, 3.05) is 0 Å². The van der Waals surface area contributed by atoms with E-state index in [1.54, 1.807) is 0 Å². The third-order valence-corrected chi connectivity index (χ3v) is 9.78. The van der Waals surface area contributed by atoms with E-state index >= 15 is 0 Å². The van der Waals surface area contributed by atoms with Crippen molar-refractivity contribution in [2.24, 2.45) is 0 Å². The smallest absolute Gasteiger partial charge is 0.136 e. The standard InChI is InChI=1S/C12H13OPS3/c13-14(15,16)17(11-7-3-1-4-8-11)12-9-5-2-6-10-12/h1-10,13,15-16H. The maximum Gasteiger partial charge on any atom is 0.136 e. The van der Waals surface area contributed by atoms with Crippen LogP contribution in [0.3, 0.4) is 0 Å². The molecule has 0 amide bonds. The highest BCUT2D eigenvalue weighted by molar-refractivity contribution is 8.94. The molecule has 1 N–H and O–H groups in total. The van der Waals surface area contributed by atoms with Gasteiger partial charge in [-0.25, -0.2) is 0 Å². The summed E-state index contributed by atoms with van der Waals surface area (Å²) in [4.78, 5) is 12.4. The molecule has 5 heteroatoms. The van der Waals surface area contributed by atoms with E-state index in [9.17, 15) is 4.89 Å². The van der Waals surface area contributed by atoms with Gasteiger partial charge in [-0.15, -0.1) is 24.5 Å². The molecule has 0 aromatic heterocycles. The molecular formula is C12H13OPS3. The van der Waals surface area contributed by atoms with Gasteiger partial charge in [-0.3, -0.25) is 0 Å². The van der Waals surface area contributed by atoms with Crippen LogP contribution in [0.2, 0.25) is 0 Å². The molecule has 2 aromatic rings. The Hall–Kier alpha value is -0.120. The third kappa shape index (κ3) is 3.43. The van der Waals surface area contributed by atoms with Gasteiger partial charge >= 0.3 is 0 Å². The number of thiol groups is 2. The van der Waals surface area contributed by atoms with Gasteiger partial charge in [-0.1, -0.05) is 46.5 Å². The minimum atomic E-state index is -2.55. The van der Waals surface area contributed by atoms with Gasteiger partial charge in [0.25, 0.3) is 0 Å². The molecule has 0 fully saturated rings. The summed E-state index contributed by atoms with van der Waals surface area (Å²) < 4.78 is -2.55. The lowest BCUT2D eigenvalue weighted by Gasteiger charge is -2.17.